The molecule has 33 heavy (non-hydrogen) atoms. The molecule has 3 aromatic rings. The van der Waals surface area contributed by atoms with Gasteiger partial charge in [0.25, 0.3) is 0 Å². The first-order valence-electron chi connectivity index (χ1n) is 10.9. The molecule has 6 nitrogen and oxygen atoms in total. The second-order valence-electron chi connectivity index (χ2n) is 8.42. The summed E-state index contributed by atoms with van der Waals surface area (Å²) in [7, 11) is 0. The number of carbonyl (C=O) groups is 3. The molecule has 164 valence electrons. The molecular weight excluding hydrogens is 416 g/mol. The van der Waals surface area contributed by atoms with Crippen molar-refractivity contribution < 1.29 is 19.5 Å². The highest BCUT2D eigenvalue weighted by Crippen LogP contribution is 2.46. The van der Waals surface area contributed by atoms with Gasteiger partial charge in [-0.15, -0.1) is 0 Å². The number of rotatable bonds is 4. The van der Waals surface area contributed by atoms with Crippen LogP contribution in [-0.2, 0) is 9.59 Å². The zero-order chi connectivity index (χ0) is 22.9. The van der Waals surface area contributed by atoms with Gasteiger partial charge in [-0.05, 0) is 59.9 Å². The van der Waals surface area contributed by atoms with E-state index in [1.807, 2.05) is 42.5 Å². The Morgan fingerprint density at radius 2 is 1.55 bits per heavy atom. The summed E-state index contributed by atoms with van der Waals surface area (Å²) in [5, 5.41) is 9.24. The molecule has 0 spiro atoms. The van der Waals surface area contributed by atoms with Gasteiger partial charge in [0.15, 0.2) is 5.78 Å². The van der Waals surface area contributed by atoms with Gasteiger partial charge < -0.3 is 5.11 Å². The number of amides is 1. The fraction of sp³-hybridized carbons (Fsp3) is 0.185. The van der Waals surface area contributed by atoms with E-state index in [0.29, 0.717) is 29.8 Å². The van der Waals surface area contributed by atoms with E-state index in [-0.39, 0.29) is 35.5 Å². The summed E-state index contributed by atoms with van der Waals surface area (Å²) < 4.78 is 0. The number of allylic oxidation sites excluding steroid dienone is 2. The molecule has 0 radical (unpaired) electrons. The second-order valence-corrected chi connectivity index (χ2v) is 8.42. The van der Waals surface area contributed by atoms with Gasteiger partial charge in [0.2, 0.25) is 5.91 Å². The Kier molecular flexibility index (Phi) is 5.34. The molecule has 1 aliphatic carbocycles. The number of pyridine rings is 1. The first-order chi connectivity index (χ1) is 16.0. The Bertz CT molecular complexity index is 1250. The topological polar surface area (TPSA) is 87.6 Å². The Morgan fingerprint density at radius 3 is 2.21 bits per heavy atom. The average Bonchev–Trinajstić information content (AvgIpc) is 2.84. The van der Waals surface area contributed by atoms with Gasteiger partial charge in [-0.2, -0.15) is 0 Å². The van der Waals surface area contributed by atoms with Crippen molar-refractivity contribution in [2.45, 2.75) is 31.1 Å². The number of carbonyl (C=O) groups excluding carboxylic acids is 2. The lowest BCUT2D eigenvalue weighted by Gasteiger charge is -2.40. The third-order valence-electron chi connectivity index (χ3n) is 6.48. The molecule has 1 amide bonds. The van der Waals surface area contributed by atoms with Crippen molar-refractivity contribution in [2.24, 2.45) is 0 Å². The smallest absolute Gasteiger partial charge is 0.335 e. The molecule has 0 saturated heterocycles. The zero-order valence-corrected chi connectivity index (χ0v) is 17.8. The SMILES string of the molecule is O=C1CC(c2ccccc2)CC2=C1C(c1ccncc1)CC(=O)N2c1ccc(C(=O)O)cc1. The molecule has 2 aromatic carbocycles. The molecule has 2 atom stereocenters. The van der Waals surface area contributed by atoms with Gasteiger partial charge >= 0.3 is 5.97 Å². The highest BCUT2D eigenvalue weighted by atomic mass is 16.4. The third-order valence-corrected chi connectivity index (χ3v) is 6.48. The van der Waals surface area contributed by atoms with Crippen molar-refractivity contribution in [1.29, 1.82) is 0 Å². The molecule has 0 fully saturated rings. The Hall–Kier alpha value is -4.06. The molecule has 1 aromatic heterocycles. The predicted octanol–water partition coefficient (Wildman–Crippen LogP) is 4.70. The van der Waals surface area contributed by atoms with Crippen LogP contribution >= 0.6 is 0 Å². The van der Waals surface area contributed by atoms with Crippen LogP contribution in [0.2, 0.25) is 0 Å². The fourth-order valence-corrected chi connectivity index (χ4v) is 4.93. The molecule has 0 saturated carbocycles. The maximum Gasteiger partial charge on any atom is 0.335 e. The number of carboxylic acid groups (broad SMARTS) is 1. The number of Topliss-reactive ketones (excluding diaryl/α,β-unsaturated/α-hetero) is 1. The quantitative estimate of drug-likeness (QED) is 0.638. The average molecular weight is 438 g/mol. The molecular formula is C27H22N2O4. The number of hydrogen-bond donors (Lipinski definition) is 1. The number of ketones is 1. The van der Waals surface area contributed by atoms with Crippen LogP contribution in [0.25, 0.3) is 0 Å². The van der Waals surface area contributed by atoms with Gasteiger partial charge in [0.1, 0.15) is 0 Å². The maximum absolute atomic E-state index is 13.5. The van der Waals surface area contributed by atoms with Crippen molar-refractivity contribution >= 4 is 23.3 Å². The monoisotopic (exact) mass is 438 g/mol. The summed E-state index contributed by atoms with van der Waals surface area (Å²) in [4.78, 5) is 44.0. The normalized spacial score (nSPS) is 20.5. The minimum Gasteiger partial charge on any atom is -0.478 e. The minimum atomic E-state index is -1.03. The van der Waals surface area contributed by atoms with E-state index in [4.69, 9.17) is 0 Å². The van der Waals surface area contributed by atoms with Crippen molar-refractivity contribution in [1.82, 2.24) is 4.98 Å². The Balaban J connectivity index is 1.63. The largest absolute Gasteiger partial charge is 0.478 e. The van der Waals surface area contributed by atoms with Crippen molar-refractivity contribution in [2.75, 3.05) is 4.90 Å². The molecule has 1 N–H and O–H groups in total. The summed E-state index contributed by atoms with van der Waals surface area (Å²) in [6.45, 7) is 0. The van der Waals surface area contributed by atoms with Gasteiger partial charge in [0.05, 0.1) is 5.56 Å². The van der Waals surface area contributed by atoms with E-state index in [1.54, 1.807) is 29.4 Å². The molecule has 0 bridgehead atoms. The van der Waals surface area contributed by atoms with Crippen LogP contribution in [0.4, 0.5) is 5.69 Å². The summed E-state index contributed by atoms with van der Waals surface area (Å²) >= 11 is 0. The van der Waals surface area contributed by atoms with Crippen LogP contribution in [0, 0.1) is 0 Å². The number of benzene rings is 2. The van der Waals surface area contributed by atoms with Crippen LogP contribution in [0.1, 0.15) is 52.6 Å². The first kappa shape index (κ1) is 20.8. The van der Waals surface area contributed by atoms with Gasteiger partial charge in [-0.25, -0.2) is 4.79 Å². The number of anilines is 1. The summed E-state index contributed by atoms with van der Waals surface area (Å²) in [6.07, 6.45) is 4.48. The lowest BCUT2D eigenvalue weighted by molar-refractivity contribution is -0.120. The zero-order valence-electron chi connectivity index (χ0n) is 17.8. The van der Waals surface area contributed by atoms with Crippen LogP contribution in [0.15, 0.2) is 90.4 Å². The highest BCUT2D eigenvalue weighted by molar-refractivity contribution is 6.08. The van der Waals surface area contributed by atoms with E-state index in [0.717, 1.165) is 11.1 Å². The summed E-state index contributed by atoms with van der Waals surface area (Å²) in [5.74, 6) is -1.43. The van der Waals surface area contributed by atoms with Gasteiger partial charge in [-0.1, -0.05) is 30.3 Å². The molecule has 5 rings (SSSR count). The standard InChI is InChI=1S/C27H22N2O4/c30-24-15-20(17-4-2-1-3-5-17)14-23-26(24)22(18-10-12-28-13-11-18)16-25(31)29(23)21-8-6-19(7-9-21)27(32)33/h1-13,20,22H,14-16H2,(H,32,33). The maximum atomic E-state index is 13.5. The van der Waals surface area contributed by atoms with Crippen molar-refractivity contribution in [3.63, 3.8) is 0 Å². The van der Waals surface area contributed by atoms with E-state index in [9.17, 15) is 19.5 Å². The van der Waals surface area contributed by atoms with Gasteiger partial charge in [-0.3, -0.25) is 19.5 Å². The van der Waals surface area contributed by atoms with Crippen LogP contribution < -0.4 is 4.90 Å². The molecule has 1 aliphatic heterocycles. The number of carboxylic acids is 1. The van der Waals surface area contributed by atoms with E-state index in [1.165, 1.54) is 12.1 Å². The van der Waals surface area contributed by atoms with E-state index < -0.39 is 5.97 Å². The Morgan fingerprint density at radius 1 is 0.848 bits per heavy atom. The number of nitrogens with zero attached hydrogens (tertiary/aromatic N) is 2. The fourth-order valence-electron chi connectivity index (χ4n) is 4.93. The van der Waals surface area contributed by atoms with Crippen LogP contribution in [-0.4, -0.2) is 27.8 Å². The third kappa shape index (κ3) is 3.84. The van der Waals surface area contributed by atoms with E-state index in [2.05, 4.69) is 4.98 Å². The minimum absolute atomic E-state index is 0.0257. The van der Waals surface area contributed by atoms with Crippen molar-refractivity contribution in [3.8, 4) is 0 Å². The first-order valence-corrected chi connectivity index (χ1v) is 10.9. The predicted molar refractivity (Wildman–Crippen MR) is 123 cm³/mol. The van der Waals surface area contributed by atoms with Crippen molar-refractivity contribution in [3.05, 3.63) is 107 Å². The number of aromatic nitrogens is 1. The van der Waals surface area contributed by atoms with E-state index >= 15 is 0 Å². The number of hydrogen-bond acceptors (Lipinski definition) is 4. The van der Waals surface area contributed by atoms with Crippen LogP contribution in [0.5, 0.6) is 0 Å². The second kappa shape index (κ2) is 8.47. The van der Waals surface area contributed by atoms with Gasteiger partial charge in [0, 0.05) is 48.1 Å². The molecule has 2 heterocycles. The Labute approximate surface area is 191 Å². The molecule has 6 heteroatoms. The summed E-state index contributed by atoms with van der Waals surface area (Å²) in [5.41, 5.74) is 4.08. The summed E-state index contributed by atoms with van der Waals surface area (Å²) in [6, 6.07) is 19.8. The molecule has 2 unspecified atom stereocenters. The molecule has 2 aliphatic rings. The lowest BCUT2D eigenvalue weighted by atomic mass is 9.73. The highest BCUT2D eigenvalue weighted by Gasteiger charge is 2.42. The number of aromatic carboxylic acids is 1. The lowest BCUT2D eigenvalue weighted by Crippen LogP contribution is -2.41. The van der Waals surface area contributed by atoms with Crippen LogP contribution in [0.3, 0.4) is 0 Å².